The van der Waals surface area contributed by atoms with Crippen molar-refractivity contribution in [1.29, 1.82) is 0 Å². The molecule has 0 rings (SSSR count). The molecule has 0 saturated carbocycles. The first-order chi connectivity index (χ1) is 17.6. The Morgan fingerprint density at radius 2 is 0.889 bits per heavy atom. The minimum Gasteiger partial charge on any atom is -0.394 e. The zero-order valence-corrected chi connectivity index (χ0v) is 24.2. The van der Waals surface area contributed by atoms with Crippen molar-refractivity contribution >= 4 is 5.91 Å². The number of unbranched alkanes of at least 4 members (excludes halogenated alkanes) is 20. The Kier molecular flexibility index (Phi) is 26.9. The van der Waals surface area contributed by atoms with Gasteiger partial charge in [0.05, 0.1) is 18.8 Å². The number of carbonyl (C=O) groups excluding carboxylic acids is 1. The van der Waals surface area contributed by atoms with Gasteiger partial charge in [0, 0.05) is 0 Å². The molecule has 0 radical (unpaired) electrons. The largest absolute Gasteiger partial charge is 0.394 e. The van der Waals surface area contributed by atoms with Gasteiger partial charge in [-0.25, -0.2) is 0 Å². The lowest BCUT2D eigenvalue weighted by molar-refractivity contribution is -0.131. The average Bonchev–Trinajstić information content (AvgIpc) is 2.88. The van der Waals surface area contributed by atoms with E-state index in [1.807, 2.05) is 0 Å². The predicted molar refractivity (Wildman–Crippen MR) is 153 cm³/mol. The number of aliphatic hydroxyl groups excluding tert-OH is 3. The van der Waals surface area contributed by atoms with E-state index in [0.717, 1.165) is 32.1 Å². The van der Waals surface area contributed by atoms with Crippen LogP contribution in [0.5, 0.6) is 0 Å². The molecule has 4 N–H and O–H groups in total. The van der Waals surface area contributed by atoms with Crippen LogP contribution in [0.25, 0.3) is 0 Å². The van der Waals surface area contributed by atoms with Crippen molar-refractivity contribution in [3.63, 3.8) is 0 Å². The van der Waals surface area contributed by atoms with Gasteiger partial charge in [0.1, 0.15) is 6.10 Å². The van der Waals surface area contributed by atoms with Crippen molar-refractivity contribution in [2.24, 2.45) is 0 Å². The topological polar surface area (TPSA) is 89.8 Å². The highest BCUT2D eigenvalue weighted by atomic mass is 16.3. The number of rotatable bonds is 28. The number of aliphatic hydroxyl groups is 3. The molecule has 0 heterocycles. The second kappa shape index (κ2) is 27.4. The molecule has 3 atom stereocenters. The summed E-state index contributed by atoms with van der Waals surface area (Å²) in [5.74, 6) is -0.473. The monoisotopic (exact) mass is 513 g/mol. The maximum Gasteiger partial charge on any atom is 0.249 e. The predicted octanol–water partition coefficient (Wildman–Crippen LogP) is 7.59. The molecule has 3 unspecified atom stereocenters. The van der Waals surface area contributed by atoms with Gasteiger partial charge in [0.15, 0.2) is 0 Å². The third-order valence-electron chi connectivity index (χ3n) is 7.48. The third kappa shape index (κ3) is 22.5. The van der Waals surface area contributed by atoms with Crippen LogP contribution in [0.3, 0.4) is 0 Å². The smallest absolute Gasteiger partial charge is 0.249 e. The molecule has 5 nitrogen and oxygen atoms in total. The van der Waals surface area contributed by atoms with Gasteiger partial charge in [-0.1, -0.05) is 155 Å². The van der Waals surface area contributed by atoms with Gasteiger partial charge in [-0.3, -0.25) is 4.79 Å². The molecule has 0 aromatic carbocycles. The van der Waals surface area contributed by atoms with Gasteiger partial charge >= 0.3 is 0 Å². The van der Waals surface area contributed by atoms with Gasteiger partial charge in [-0.05, 0) is 12.8 Å². The Labute approximate surface area is 224 Å². The van der Waals surface area contributed by atoms with Crippen molar-refractivity contribution in [2.45, 2.75) is 186 Å². The van der Waals surface area contributed by atoms with Gasteiger partial charge in [-0.2, -0.15) is 0 Å². The summed E-state index contributed by atoms with van der Waals surface area (Å²) in [5, 5.41) is 32.8. The Morgan fingerprint density at radius 1 is 0.556 bits per heavy atom. The van der Waals surface area contributed by atoms with Gasteiger partial charge in [-0.15, -0.1) is 0 Å². The fourth-order valence-electron chi connectivity index (χ4n) is 4.89. The van der Waals surface area contributed by atoms with Crippen LogP contribution in [-0.4, -0.2) is 46.1 Å². The molecular weight excluding hydrogens is 450 g/mol. The molecule has 0 aliphatic heterocycles. The van der Waals surface area contributed by atoms with Crippen LogP contribution in [-0.2, 0) is 4.79 Å². The van der Waals surface area contributed by atoms with Crippen LogP contribution in [0.2, 0.25) is 0 Å². The third-order valence-corrected chi connectivity index (χ3v) is 7.48. The maximum atomic E-state index is 12.3. The zero-order valence-electron chi connectivity index (χ0n) is 24.2. The van der Waals surface area contributed by atoms with E-state index in [4.69, 9.17) is 0 Å². The molecule has 0 aromatic rings. The standard InChI is InChI=1S/C31H63NO4/c1-3-5-7-9-11-13-14-15-16-18-20-22-24-26-30(35)31(36)32-28(27-33)29(34)25-23-21-19-17-12-10-8-6-4-2/h28-30,33-35H,3-27H2,1-2H3,(H,32,36). The normalized spacial score (nSPS) is 14.0. The molecule has 0 spiro atoms. The number of hydrogen-bond acceptors (Lipinski definition) is 4. The second-order valence-electron chi connectivity index (χ2n) is 11.0. The molecule has 0 aliphatic rings. The minimum atomic E-state index is -1.06. The Balaban J connectivity index is 3.71. The number of nitrogens with one attached hydrogen (secondary N) is 1. The highest BCUT2D eigenvalue weighted by Crippen LogP contribution is 2.15. The molecule has 0 bridgehead atoms. The fourth-order valence-corrected chi connectivity index (χ4v) is 4.89. The summed E-state index contributed by atoms with van der Waals surface area (Å²) >= 11 is 0. The van der Waals surface area contributed by atoms with Crippen molar-refractivity contribution in [3.05, 3.63) is 0 Å². The maximum absolute atomic E-state index is 12.3. The first-order valence-corrected chi connectivity index (χ1v) is 15.8. The molecular formula is C31H63NO4. The summed E-state index contributed by atoms with van der Waals surface area (Å²) in [7, 11) is 0. The first-order valence-electron chi connectivity index (χ1n) is 15.8. The fraction of sp³-hybridized carbons (Fsp3) is 0.968. The van der Waals surface area contributed by atoms with E-state index in [9.17, 15) is 20.1 Å². The molecule has 36 heavy (non-hydrogen) atoms. The van der Waals surface area contributed by atoms with Gasteiger partial charge < -0.3 is 20.6 Å². The lowest BCUT2D eigenvalue weighted by Gasteiger charge is -2.23. The summed E-state index contributed by atoms with van der Waals surface area (Å²) in [6.07, 6.45) is 26.5. The van der Waals surface area contributed by atoms with E-state index < -0.39 is 24.2 Å². The first kappa shape index (κ1) is 35.4. The highest BCUT2D eigenvalue weighted by molar-refractivity contribution is 5.80. The van der Waals surface area contributed by atoms with Crippen molar-refractivity contribution < 1.29 is 20.1 Å². The average molecular weight is 514 g/mol. The van der Waals surface area contributed by atoms with Crippen LogP contribution < -0.4 is 5.32 Å². The number of carbonyl (C=O) groups is 1. The van der Waals surface area contributed by atoms with Crippen molar-refractivity contribution in [2.75, 3.05) is 6.61 Å². The van der Waals surface area contributed by atoms with E-state index in [2.05, 4.69) is 19.2 Å². The van der Waals surface area contributed by atoms with Gasteiger partial charge in [0.2, 0.25) is 5.91 Å². The van der Waals surface area contributed by atoms with Crippen molar-refractivity contribution in [3.8, 4) is 0 Å². The van der Waals surface area contributed by atoms with Crippen LogP contribution >= 0.6 is 0 Å². The Hall–Kier alpha value is -0.650. The zero-order chi connectivity index (χ0) is 26.7. The Morgan fingerprint density at radius 3 is 1.25 bits per heavy atom. The summed E-state index contributed by atoms with van der Waals surface area (Å²) < 4.78 is 0. The van der Waals surface area contributed by atoms with Crippen LogP contribution in [0.15, 0.2) is 0 Å². The van der Waals surface area contributed by atoms with E-state index in [-0.39, 0.29) is 6.61 Å². The SMILES string of the molecule is CCCCCCCCCCCCCCCC(O)C(=O)NC(CO)C(O)CCCCCCCCCCC. The van der Waals surface area contributed by atoms with Crippen molar-refractivity contribution in [1.82, 2.24) is 5.32 Å². The second-order valence-corrected chi connectivity index (χ2v) is 11.0. The molecule has 0 aromatic heterocycles. The summed E-state index contributed by atoms with van der Waals surface area (Å²) in [6.45, 7) is 4.18. The van der Waals surface area contributed by atoms with E-state index in [0.29, 0.717) is 12.8 Å². The summed E-state index contributed by atoms with van der Waals surface area (Å²) in [5.41, 5.74) is 0. The number of amides is 1. The molecule has 5 heteroatoms. The molecule has 1 amide bonds. The quantitative estimate of drug-likeness (QED) is 0.0811. The Bertz CT molecular complexity index is 460. The molecule has 0 saturated heterocycles. The number of hydrogen-bond donors (Lipinski definition) is 4. The minimum absolute atomic E-state index is 0.310. The molecule has 216 valence electrons. The van der Waals surface area contributed by atoms with Crippen LogP contribution in [0.1, 0.15) is 168 Å². The molecule has 0 aliphatic carbocycles. The summed E-state index contributed by atoms with van der Waals surface area (Å²) in [4.78, 5) is 12.3. The summed E-state index contributed by atoms with van der Waals surface area (Å²) in [6, 6.07) is -0.701. The van der Waals surface area contributed by atoms with E-state index >= 15 is 0 Å². The lowest BCUT2D eigenvalue weighted by Crippen LogP contribution is -2.49. The highest BCUT2D eigenvalue weighted by Gasteiger charge is 2.23. The lowest BCUT2D eigenvalue weighted by atomic mass is 10.0. The van der Waals surface area contributed by atoms with E-state index in [1.54, 1.807) is 0 Å². The van der Waals surface area contributed by atoms with Crippen LogP contribution in [0.4, 0.5) is 0 Å². The van der Waals surface area contributed by atoms with Crippen LogP contribution in [0, 0.1) is 0 Å². The van der Waals surface area contributed by atoms with E-state index in [1.165, 1.54) is 109 Å². The molecule has 0 fully saturated rings. The van der Waals surface area contributed by atoms with Gasteiger partial charge in [0.25, 0.3) is 0 Å².